The van der Waals surface area contributed by atoms with Crippen molar-refractivity contribution in [2.75, 3.05) is 5.75 Å². The van der Waals surface area contributed by atoms with Gasteiger partial charge < -0.3 is 0 Å². The van der Waals surface area contributed by atoms with Gasteiger partial charge in [0.15, 0.2) is 0 Å². The van der Waals surface area contributed by atoms with Crippen molar-refractivity contribution in [3.05, 3.63) is 36.3 Å². The van der Waals surface area contributed by atoms with E-state index < -0.39 is 0 Å². The summed E-state index contributed by atoms with van der Waals surface area (Å²) in [5.74, 6) is 1.12. The molecule has 0 atom stereocenters. The summed E-state index contributed by atoms with van der Waals surface area (Å²) >= 11 is 0. The zero-order chi connectivity index (χ0) is 7.82. The number of hydrogen-bond acceptors (Lipinski definition) is 2. The van der Waals surface area contributed by atoms with Crippen LogP contribution in [0.2, 0.25) is 0 Å². The Labute approximate surface area is 70.9 Å². The molecule has 0 aliphatic heterocycles. The van der Waals surface area contributed by atoms with Crippen molar-refractivity contribution in [1.82, 2.24) is 0 Å². The highest BCUT2D eigenvalue weighted by atomic mass is 33.1. The summed E-state index contributed by atoms with van der Waals surface area (Å²) in [6, 6.07) is 0. The van der Waals surface area contributed by atoms with Crippen molar-refractivity contribution in [2.24, 2.45) is 0 Å². The second-order valence-corrected chi connectivity index (χ2v) is 4.26. The van der Waals surface area contributed by atoms with Gasteiger partial charge >= 0.3 is 0 Å². The molecule has 0 heterocycles. The molecule has 0 aliphatic carbocycles. The Hall–Kier alpha value is -0.0800. The van der Waals surface area contributed by atoms with Crippen LogP contribution in [-0.4, -0.2) is 5.75 Å². The van der Waals surface area contributed by atoms with E-state index in [1.807, 2.05) is 12.2 Å². The van der Waals surface area contributed by atoms with E-state index >= 15 is 0 Å². The first-order valence-corrected chi connectivity index (χ1v) is 5.40. The molecule has 0 amide bonds. The van der Waals surface area contributed by atoms with Crippen LogP contribution in [0.3, 0.4) is 0 Å². The highest BCUT2D eigenvalue weighted by Crippen LogP contribution is 2.28. The quantitative estimate of drug-likeness (QED) is 0.458. The van der Waals surface area contributed by atoms with Crippen LogP contribution in [0, 0.1) is 0 Å². The first kappa shape index (κ1) is 9.92. The van der Waals surface area contributed by atoms with Crippen molar-refractivity contribution in [1.29, 1.82) is 0 Å². The first-order valence-electron chi connectivity index (χ1n) is 3.08. The molecule has 0 rings (SSSR count). The van der Waals surface area contributed by atoms with Crippen molar-refractivity contribution in [3.8, 4) is 0 Å². The zero-order valence-corrected chi connectivity index (χ0v) is 7.80. The van der Waals surface area contributed by atoms with E-state index in [2.05, 4.69) is 20.1 Å². The van der Waals surface area contributed by atoms with Gasteiger partial charge in [-0.2, -0.15) is 0 Å². The first-order chi connectivity index (χ1) is 4.81. The van der Waals surface area contributed by atoms with Crippen molar-refractivity contribution in [2.45, 2.75) is 6.92 Å². The Kier molecular flexibility index (Phi) is 6.98. The maximum absolute atomic E-state index is 3.84. The Morgan fingerprint density at radius 3 is 2.80 bits per heavy atom. The van der Waals surface area contributed by atoms with E-state index in [1.165, 1.54) is 0 Å². The minimum Gasteiger partial charge on any atom is -0.0991 e. The lowest BCUT2D eigenvalue weighted by molar-refractivity contribution is 1.54. The Morgan fingerprint density at radius 1 is 1.60 bits per heavy atom. The average molecular weight is 172 g/mol. The van der Waals surface area contributed by atoms with Gasteiger partial charge in [-0.3, -0.25) is 0 Å². The standard InChI is InChI=1S/C8H12S2/c1-4-6-7-8(3)10-9-5-2/h4,6-7H,1,3,5H2,2H3/b7-6-. The summed E-state index contributed by atoms with van der Waals surface area (Å²) in [5, 5.41) is 0. The molecule has 0 unspecified atom stereocenters. The third-order valence-electron chi connectivity index (χ3n) is 0.702. The lowest BCUT2D eigenvalue weighted by Crippen LogP contribution is -1.62. The molecule has 0 N–H and O–H groups in total. The number of allylic oxidation sites excluding steroid dienone is 3. The largest absolute Gasteiger partial charge is 0.0991 e. The maximum Gasteiger partial charge on any atom is 0.0110 e. The van der Waals surface area contributed by atoms with E-state index in [0.717, 1.165) is 10.7 Å². The molecule has 10 heavy (non-hydrogen) atoms. The maximum atomic E-state index is 3.84. The minimum absolute atomic E-state index is 1.08. The summed E-state index contributed by atoms with van der Waals surface area (Å²) in [6.45, 7) is 9.53. The molecule has 0 spiro atoms. The predicted octanol–water partition coefficient (Wildman–Crippen LogP) is 3.64. The third-order valence-corrected chi connectivity index (χ3v) is 3.11. The fraction of sp³-hybridized carbons (Fsp3) is 0.250. The average Bonchev–Trinajstić information content (AvgIpc) is 1.97. The molecule has 56 valence electrons. The molecule has 0 fully saturated rings. The molecular formula is C8H12S2. The van der Waals surface area contributed by atoms with Crippen molar-refractivity contribution < 1.29 is 0 Å². The van der Waals surface area contributed by atoms with Gasteiger partial charge in [-0.05, 0) is 6.08 Å². The van der Waals surface area contributed by atoms with Gasteiger partial charge in [-0.1, -0.05) is 53.8 Å². The van der Waals surface area contributed by atoms with E-state index in [0.29, 0.717) is 0 Å². The second kappa shape index (κ2) is 7.03. The molecule has 0 saturated carbocycles. The molecule has 0 aromatic heterocycles. The van der Waals surface area contributed by atoms with Gasteiger partial charge in [0.1, 0.15) is 0 Å². The smallest absolute Gasteiger partial charge is 0.0110 e. The molecule has 2 heteroatoms. The van der Waals surface area contributed by atoms with E-state index in [9.17, 15) is 0 Å². The Bertz CT molecular complexity index is 136. The van der Waals surface area contributed by atoms with Crippen LogP contribution in [0.15, 0.2) is 36.3 Å². The monoisotopic (exact) mass is 172 g/mol. The minimum atomic E-state index is 1.08. The highest BCUT2D eigenvalue weighted by Gasteiger charge is 1.86. The summed E-state index contributed by atoms with van der Waals surface area (Å²) < 4.78 is 0. The van der Waals surface area contributed by atoms with Crippen LogP contribution in [0.25, 0.3) is 0 Å². The van der Waals surface area contributed by atoms with Crippen LogP contribution in [0.4, 0.5) is 0 Å². The van der Waals surface area contributed by atoms with Crippen LogP contribution in [-0.2, 0) is 0 Å². The number of hydrogen-bond donors (Lipinski definition) is 0. The highest BCUT2D eigenvalue weighted by molar-refractivity contribution is 8.78. The molecule has 0 nitrogen and oxygen atoms in total. The lowest BCUT2D eigenvalue weighted by atomic mass is 10.5. The second-order valence-electron chi connectivity index (χ2n) is 1.55. The van der Waals surface area contributed by atoms with Gasteiger partial charge in [-0.15, -0.1) is 0 Å². The van der Waals surface area contributed by atoms with Gasteiger partial charge in [-0.25, -0.2) is 0 Å². The van der Waals surface area contributed by atoms with Gasteiger partial charge in [0.25, 0.3) is 0 Å². The lowest BCUT2D eigenvalue weighted by Gasteiger charge is -1.93. The normalized spacial score (nSPS) is 10.1. The van der Waals surface area contributed by atoms with E-state index in [1.54, 1.807) is 27.7 Å². The molecule has 0 aromatic rings. The molecule has 0 aromatic carbocycles. The fourth-order valence-corrected chi connectivity index (χ4v) is 1.72. The zero-order valence-electron chi connectivity index (χ0n) is 6.17. The Morgan fingerprint density at radius 2 is 2.30 bits per heavy atom. The molecule has 0 aliphatic rings. The van der Waals surface area contributed by atoms with Crippen molar-refractivity contribution in [3.63, 3.8) is 0 Å². The molecular weight excluding hydrogens is 160 g/mol. The summed E-state index contributed by atoms with van der Waals surface area (Å²) in [6.07, 6.45) is 5.61. The Balaban J connectivity index is 3.43. The van der Waals surface area contributed by atoms with Crippen LogP contribution in [0.5, 0.6) is 0 Å². The van der Waals surface area contributed by atoms with Gasteiger partial charge in [0.05, 0.1) is 0 Å². The van der Waals surface area contributed by atoms with Crippen LogP contribution < -0.4 is 0 Å². The summed E-state index contributed by atoms with van der Waals surface area (Å²) in [5.41, 5.74) is 0. The third kappa shape index (κ3) is 6.05. The fourth-order valence-electron chi connectivity index (χ4n) is 0.338. The van der Waals surface area contributed by atoms with Gasteiger partial charge in [0.2, 0.25) is 0 Å². The summed E-state index contributed by atoms with van der Waals surface area (Å²) in [7, 11) is 3.50. The predicted molar refractivity (Wildman–Crippen MR) is 54.2 cm³/mol. The molecule has 0 saturated heterocycles. The topological polar surface area (TPSA) is 0 Å². The van der Waals surface area contributed by atoms with E-state index in [-0.39, 0.29) is 0 Å². The summed E-state index contributed by atoms with van der Waals surface area (Å²) in [4.78, 5) is 1.08. The van der Waals surface area contributed by atoms with Crippen LogP contribution in [0.1, 0.15) is 6.92 Å². The SMILES string of the molecule is C=C/C=C\C(=C)SSCC. The van der Waals surface area contributed by atoms with Crippen LogP contribution >= 0.6 is 21.6 Å². The number of rotatable bonds is 5. The van der Waals surface area contributed by atoms with Gasteiger partial charge in [0, 0.05) is 10.7 Å². The molecule has 0 radical (unpaired) electrons. The van der Waals surface area contributed by atoms with Crippen molar-refractivity contribution >= 4 is 21.6 Å². The molecule has 0 bridgehead atoms. The van der Waals surface area contributed by atoms with E-state index in [4.69, 9.17) is 0 Å².